The van der Waals surface area contributed by atoms with Crippen molar-refractivity contribution in [2.24, 2.45) is 0 Å². The summed E-state index contributed by atoms with van der Waals surface area (Å²) in [6.07, 6.45) is 2.36. The van der Waals surface area contributed by atoms with Crippen molar-refractivity contribution >= 4 is 5.97 Å². The number of aryl methyl sites for hydroxylation is 1. The van der Waals surface area contributed by atoms with E-state index < -0.39 is 11.8 Å². The summed E-state index contributed by atoms with van der Waals surface area (Å²) in [6, 6.07) is 4.58. The van der Waals surface area contributed by atoms with Crippen LogP contribution in [0.4, 0.5) is 4.39 Å². The second-order valence-electron chi connectivity index (χ2n) is 4.94. The lowest BCUT2D eigenvalue weighted by molar-refractivity contribution is -0.136. The number of hydrogen-bond acceptors (Lipinski definition) is 4. The van der Waals surface area contributed by atoms with Crippen molar-refractivity contribution in [3.8, 4) is 11.4 Å². The lowest BCUT2D eigenvalue weighted by atomic mass is 10.1. The van der Waals surface area contributed by atoms with Crippen LogP contribution in [0, 0.1) is 5.82 Å². The summed E-state index contributed by atoms with van der Waals surface area (Å²) >= 11 is 0. The maximum Gasteiger partial charge on any atom is 0.303 e. The standard InChI is InChI=1S/C14H13FN2O3/c15-11-7-8(2-6-12(18)19)1-5-10(11)13-16-14(20-17-13)9-3-4-9/h1,5,7,9H,2-4,6H2,(H,18,19). The van der Waals surface area contributed by atoms with Crippen molar-refractivity contribution in [3.05, 3.63) is 35.5 Å². The van der Waals surface area contributed by atoms with Gasteiger partial charge in [-0.05, 0) is 37.0 Å². The second-order valence-corrected chi connectivity index (χ2v) is 4.94. The fourth-order valence-corrected chi connectivity index (χ4v) is 1.99. The highest BCUT2D eigenvalue weighted by atomic mass is 19.1. The molecule has 5 nitrogen and oxygen atoms in total. The first-order chi connectivity index (χ1) is 9.63. The normalized spacial score (nSPS) is 14.4. The van der Waals surface area contributed by atoms with Crippen LogP contribution in [0.5, 0.6) is 0 Å². The Hall–Kier alpha value is -2.24. The SMILES string of the molecule is O=C(O)CCc1ccc(-c2noc(C3CC3)n2)c(F)c1. The van der Waals surface area contributed by atoms with Gasteiger partial charge in [0.25, 0.3) is 0 Å². The van der Waals surface area contributed by atoms with Crippen LogP contribution in [-0.4, -0.2) is 21.2 Å². The molecule has 1 aromatic carbocycles. The zero-order valence-corrected chi connectivity index (χ0v) is 10.7. The Bertz CT molecular complexity index is 650. The molecule has 0 amide bonds. The van der Waals surface area contributed by atoms with E-state index in [4.69, 9.17) is 9.63 Å². The number of nitrogens with zero attached hydrogens (tertiary/aromatic N) is 2. The van der Waals surface area contributed by atoms with Gasteiger partial charge in [0.1, 0.15) is 5.82 Å². The van der Waals surface area contributed by atoms with Crippen LogP contribution in [0.1, 0.15) is 36.6 Å². The number of halogens is 1. The quantitative estimate of drug-likeness (QED) is 0.908. The minimum Gasteiger partial charge on any atom is -0.481 e. The van der Waals surface area contributed by atoms with E-state index in [2.05, 4.69) is 10.1 Å². The van der Waals surface area contributed by atoms with E-state index >= 15 is 0 Å². The molecule has 1 heterocycles. The van der Waals surface area contributed by atoms with E-state index in [-0.39, 0.29) is 17.8 Å². The summed E-state index contributed by atoms with van der Waals surface area (Å²) in [6.45, 7) is 0. The molecule has 20 heavy (non-hydrogen) atoms. The molecule has 0 saturated heterocycles. The van der Waals surface area contributed by atoms with Gasteiger partial charge in [-0.25, -0.2) is 4.39 Å². The van der Waals surface area contributed by atoms with Crippen molar-refractivity contribution in [1.82, 2.24) is 10.1 Å². The van der Waals surface area contributed by atoms with Crippen LogP contribution in [0.15, 0.2) is 22.7 Å². The van der Waals surface area contributed by atoms with Gasteiger partial charge in [0, 0.05) is 12.3 Å². The Kier molecular flexibility index (Phi) is 3.22. The molecule has 1 N–H and O–H groups in total. The van der Waals surface area contributed by atoms with Gasteiger partial charge in [-0.3, -0.25) is 4.79 Å². The van der Waals surface area contributed by atoms with Crippen molar-refractivity contribution in [3.63, 3.8) is 0 Å². The highest BCUT2D eigenvalue weighted by Gasteiger charge is 2.30. The predicted octanol–water partition coefficient (Wildman–Crippen LogP) is 2.77. The van der Waals surface area contributed by atoms with Crippen LogP contribution < -0.4 is 0 Å². The van der Waals surface area contributed by atoms with Crippen LogP contribution >= 0.6 is 0 Å². The monoisotopic (exact) mass is 276 g/mol. The number of carboxylic acids is 1. The lowest BCUT2D eigenvalue weighted by Gasteiger charge is -2.02. The molecule has 0 radical (unpaired) electrons. The van der Waals surface area contributed by atoms with E-state index in [1.165, 1.54) is 6.07 Å². The third-order valence-electron chi connectivity index (χ3n) is 3.27. The zero-order chi connectivity index (χ0) is 14.1. The van der Waals surface area contributed by atoms with Gasteiger partial charge in [0.2, 0.25) is 11.7 Å². The van der Waals surface area contributed by atoms with Gasteiger partial charge in [-0.15, -0.1) is 0 Å². The molecular weight excluding hydrogens is 263 g/mol. The van der Waals surface area contributed by atoms with Gasteiger partial charge in [0.05, 0.1) is 5.56 Å². The highest BCUT2D eigenvalue weighted by molar-refractivity contribution is 5.67. The minimum atomic E-state index is -0.901. The van der Waals surface area contributed by atoms with Crippen LogP contribution in [0.25, 0.3) is 11.4 Å². The summed E-state index contributed by atoms with van der Waals surface area (Å²) in [4.78, 5) is 14.7. The molecule has 1 aromatic heterocycles. The van der Waals surface area contributed by atoms with E-state index in [1.807, 2.05) is 0 Å². The Balaban J connectivity index is 1.80. The number of rotatable bonds is 5. The second kappa shape index (κ2) is 5.03. The first-order valence-electron chi connectivity index (χ1n) is 6.47. The molecule has 3 rings (SSSR count). The molecule has 0 aliphatic heterocycles. The predicted molar refractivity (Wildman–Crippen MR) is 67.6 cm³/mol. The first kappa shape index (κ1) is 12.8. The summed E-state index contributed by atoms with van der Waals surface area (Å²) < 4.78 is 19.1. The molecule has 1 aliphatic rings. The molecule has 0 unspecified atom stereocenters. The van der Waals surface area contributed by atoms with Crippen LogP contribution in [0.2, 0.25) is 0 Å². The number of carbonyl (C=O) groups is 1. The Morgan fingerprint density at radius 1 is 1.45 bits per heavy atom. The molecule has 1 fully saturated rings. The maximum absolute atomic E-state index is 14.0. The fourth-order valence-electron chi connectivity index (χ4n) is 1.99. The smallest absolute Gasteiger partial charge is 0.303 e. The van der Waals surface area contributed by atoms with Crippen LogP contribution in [0.3, 0.4) is 0 Å². The number of aliphatic carboxylic acids is 1. The van der Waals surface area contributed by atoms with Crippen molar-refractivity contribution in [2.75, 3.05) is 0 Å². The molecule has 2 aromatic rings. The van der Waals surface area contributed by atoms with Gasteiger partial charge in [-0.1, -0.05) is 11.2 Å². The number of benzene rings is 1. The Morgan fingerprint density at radius 2 is 2.25 bits per heavy atom. The topological polar surface area (TPSA) is 76.2 Å². The molecular formula is C14H13FN2O3. The van der Waals surface area contributed by atoms with E-state index in [0.717, 1.165) is 12.8 Å². The zero-order valence-electron chi connectivity index (χ0n) is 10.7. The van der Waals surface area contributed by atoms with E-state index in [1.54, 1.807) is 12.1 Å². The van der Waals surface area contributed by atoms with Gasteiger partial charge in [0.15, 0.2) is 0 Å². The summed E-state index contributed by atoms with van der Waals surface area (Å²) in [5.74, 6) is -0.226. The number of carboxylic acid groups (broad SMARTS) is 1. The number of aromatic nitrogens is 2. The molecule has 0 bridgehead atoms. The maximum atomic E-state index is 14.0. The van der Waals surface area contributed by atoms with Crippen molar-refractivity contribution in [1.29, 1.82) is 0 Å². The molecule has 1 saturated carbocycles. The summed E-state index contributed by atoms with van der Waals surface area (Å²) in [7, 11) is 0. The van der Waals surface area contributed by atoms with Crippen molar-refractivity contribution < 1.29 is 18.8 Å². The largest absolute Gasteiger partial charge is 0.481 e. The molecule has 0 spiro atoms. The van der Waals surface area contributed by atoms with Crippen LogP contribution in [-0.2, 0) is 11.2 Å². The number of hydrogen-bond donors (Lipinski definition) is 1. The van der Waals surface area contributed by atoms with Gasteiger partial charge in [-0.2, -0.15) is 4.98 Å². The van der Waals surface area contributed by atoms with E-state index in [9.17, 15) is 9.18 Å². The Morgan fingerprint density at radius 3 is 2.90 bits per heavy atom. The fraction of sp³-hybridized carbons (Fsp3) is 0.357. The molecule has 6 heteroatoms. The third kappa shape index (κ3) is 2.68. The van der Waals surface area contributed by atoms with Gasteiger partial charge < -0.3 is 9.63 Å². The summed E-state index contributed by atoms with van der Waals surface area (Å²) in [5, 5.41) is 12.4. The Labute approximate surface area is 114 Å². The molecule has 1 aliphatic carbocycles. The lowest BCUT2D eigenvalue weighted by Crippen LogP contribution is -1.98. The molecule has 104 valence electrons. The average molecular weight is 276 g/mol. The highest BCUT2D eigenvalue weighted by Crippen LogP contribution is 2.39. The molecule has 0 atom stereocenters. The average Bonchev–Trinajstić information content (AvgIpc) is 3.15. The third-order valence-corrected chi connectivity index (χ3v) is 3.27. The summed E-state index contributed by atoms with van der Waals surface area (Å²) in [5.41, 5.74) is 0.916. The minimum absolute atomic E-state index is 0.0210. The van der Waals surface area contributed by atoms with Gasteiger partial charge >= 0.3 is 5.97 Å². The van der Waals surface area contributed by atoms with E-state index in [0.29, 0.717) is 23.8 Å². The van der Waals surface area contributed by atoms with Crippen molar-refractivity contribution in [2.45, 2.75) is 31.6 Å². The first-order valence-corrected chi connectivity index (χ1v) is 6.47.